The van der Waals surface area contributed by atoms with Crippen LogP contribution >= 0.6 is 0 Å². The highest BCUT2D eigenvalue weighted by molar-refractivity contribution is 5.98. The van der Waals surface area contributed by atoms with Crippen molar-refractivity contribution in [2.45, 2.75) is 26.1 Å². The molecular weight excluding hydrogens is 420 g/mol. The van der Waals surface area contributed by atoms with Crippen molar-refractivity contribution in [3.63, 3.8) is 0 Å². The summed E-state index contributed by atoms with van der Waals surface area (Å²) in [6.45, 7) is 3.82. The van der Waals surface area contributed by atoms with E-state index in [1.807, 2.05) is 29.2 Å². The van der Waals surface area contributed by atoms with E-state index in [1.54, 1.807) is 0 Å². The van der Waals surface area contributed by atoms with Gasteiger partial charge in [-0.1, -0.05) is 78.9 Å². The SMILES string of the molecule is O=C1c2ccccc2CN1Cc1ccc(CCN(CCO)Cc2ccc3ccccc3c2)cc1. The fourth-order valence-electron chi connectivity index (χ4n) is 4.77. The summed E-state index contributed by atoms with van der Waals surface area (Å²) in [7, 11) is 0. The number of benzene rings is 4. The minimum Gasteiger partial charge on any atom is -0.395 e. The Kier molecular flexibility index (Phi) is 6.70. The summed E-state index contributed by atoms with van der Waals surface area (Å²) in [5, 5.41) is 12.1. The van der Waals surface area contributed by atoms with Crippen molar-refractivity contribution >= 4 is 16.7 Å². The summed E-state index contributed by atoms with van der Waals surface area (Å²) >= 11 is 0. The summed E-state index contributed by atoms with van der Waals surface area (Å²) < 4.78 is 0. The van der Waals surface area contributed by atoms with Crippen molar-refractivity contribution < 1.29 is 9.90 Å². The average Bonchev–Trinajstić information content (AvgIpc) is 3.18. The molecule has 1 heterocycles. The maximum atomic E-state index is 12.6. The van der Waals surface area contributed by atoms with Crippen LogP contribution < -0.4 is 0 Å². The molecule has 0 aliphatic carbocycles. The molecule has 0 saturated heterocycles. The molecule has 0 atom stereocenters. The molecule has 1 aliphatic rings. The molecule has 0 bridgehead atoms. The van der Waals surface area contributed by atoms with E-state index in [9.17, 15) is 9.90 Å². The lowest BCUT2D eigenvalue weighted by Gasteiger charge is -2.22. The van der Waals surface area contributed by atoms with Gasteiger partial charge in [0.2, 0.25) is 0 Å². The quantitative estimate of drug-likeness (QED) is 0.389. The lowest BCUT2D eigenvalue weighted by atomic mass is 10.1. The zero-order valence-electron chi connectivity index (χ0n) is 19.4. The zero-order valence-corrected chi connectivity index (χ0v) is 19.4. The molecule has 0 unspecified atom stereocenters. The van der Waals surface area contributed by atoms with Gasteiger partial charge in [0.1, 0.15) is 0 Å². The van der Waals surface area contributed by atoms with Crippen molar-refractivity contribution in [3.8, 4) is 0 Å². The Morgan fingerprint density at radius 2 is 1.47 bits per heavy atom. The monoisotopic (exact) mass is 450 g/mol. The van der Waals surface area contributed by atoms with E-state index in [2.05, 4.69) is 71.6 Å². The number of aliphatic hydroxyl groups excluding tert-OH is 1. The van der Waals surface area contributed by atoms with Crippen molar-refractivity contribution in [3.05, 3.63) is 119 Å². The maximum absolute atomic E-state index is 12.6. The Morgan fingerprint density at radius 1 is 0.765 bits per heavy atom. The molecule has 4 nitrogen and oxygen atoms in total. The number of fused-ring (bicyclic) bond motifs is 2. The van der Waals surface area contributed by atoms with Crippen LogP contribution in [-0.2, 0) is 26.1 Å². The molecule has 0 fully saturated rings. The highest BCUT2D eigenvalue weighted by Crippen LogP contribution is 2.24. The van der Waals surface area contributed by atoms with Crippen molar-refractivity contribution in [2.24, 2.45) is 0 Å². The Labute approximate surface area is 201 Å². The maximum Gasteiger partial charge on any atom is 0.254 e. The van der Waals surface area contributed by atoms with Crippen molar-refractivity contribution in [1.82, 2.24) is 9.80 Å². The number of hydrogen-bond donors (Lipinski definition) is 1. The predicted molar refractivity (Wildman–Crippen MR) is 136 cm³/mol. The molecule has 4 aromatic carbocycles. The second-order valence-electron chi connectivity index (χ2n) is 9.07. The van der Waals surface area contributed by atoms with Gasteiger partial charge in [0.05, 0.1) is 6.61 Å². The van der Waals surface area contributed by atoms with Gasteiger partial charge in [0, 0.05) is 38.3 Å². The summed E-state index contributed by atoms with van der Waals surface area (Å²) in [5.74, 6) is 0.119. The first-order valence-corrected chi connectivity index (χ1v) is 12.0. The number of nitrogens with zero attached hydrogens (tertiary/aromatic N) is 2. The summed E-state index contributed by atoms with van der Waals surface area (Å²) in [6, 6.07) is 31.5. The first kappa shape index (κ1) is 22.3. The minimum atomic E-state index is 0.119. The van der Waals surface area contributed by atoms with Crippen LogP contribution in [0.5, 0.6) is 0 Å². The van der Waals surface area contributed by atoms with Crippen molar-refractivity contribution in [1.29, 1.82) is 0 Å². The van der Waals surface area contributed by atoms with Gasteiger partial charge in [-0.15, -0.1) is 0 Å². The van der Waals surface area contributed by atoms with E-state index >= 15 is 0 Å². The van der Waals surface area contributed by atoms with Gasteiger partial charge >= 0.3 is 0 Å². The first-order chi connectivity index (χ1) is 16.7. The summed E-state index contributed by atoms with van der Waals surface area (Å²) in [6.07, 6.45) is 0.919. The molecule has 5 rings (SSSR count). The number of rotatable bonds is 9. The van der Waals surface area contributed by atoms with Crippen LogP contribution in [0.1, 0.15) is 32.6 Å². The number of carbonyl (C=O) groups excluding carboxylic acids is 1. The first-order valence-electron chi connectivity index (χ1n) is 12.0. The lowest BCUT2D eigenvalue weighted by molar-refractivity contribution is 0.0766. The van der Waals surface area contributed by atoms with Crippen LogP contribution in [-0.4, -0.2) is 40.5 Å². The van der Waals surface area contributed by atoms with E-state index in [-0.39, 0.29) is 12.5 Å². The molecule has 34 heavy (non-hydrogen) atoms. The third kappa shape index (κ3) is 5.04. The number of amides is 1. The molecule has 172 valence electrons. The highest BCUT2D eigenvalue weighted by Gasteiger charge is 2.26. The normalized spacial score (nSPS) is 13.1. The number of aliphatic hydroxyl groups is 1. The second kappa shape index (κ2) is 10.2. The van der Waals surface area contributed by atoms with Crippen LogP contribution in [0.3, 0.4) is 0 Å². The Balaban J connectivity index is 1.18. The van der Waals surface area contributed by atoms with Crippen molar-refractivity contribution in [2.75, 3.05) is 19.7 Å². The van der Waals surface area contributed by atoms with Crippen LogP contribution in [0.25, 0.3) is 10.8 Å². The van der Waals surface area contributed by atoms with Crippen LogP contribution in [0, 0.1) is 0 Å². The minimum absolute atomic E-state index is 0.119. The van der Waals surface area contributed by atoms with E-state index in [0.29, 0.717) is 19.6 Å². The molecule has 1 N–H and O–H groups in total. The van der Waals surface area contributed by atoms with E-state index in [4.69, 9.17) is 0 Å². The van der Waals surface area contributed by atoms with Gasteiger partial charge in [-0.2, -0.15) is 0 Å². The van der Waals surface area contributed by atoms with Gasteiger partial charge in [-0.3, -0.25) is 9.69 Å². The van der Waals surface area contributed by atoms with E-state index < -0.39 is 0 Å². The lowest BCUT2D eigenvalue weighted by Crippen LogP contribution is -2.28. The molecule has 0 aromatic heterocycles. The highest BCUT2D eigenvalue weighted by atomic mass is 16.3. The predicted octanol–water partition coefficient (Wildman–Crippen LogP) is 5.03. The van der Waals surface area contributed by atoms with Crippen LogP contribution in [0.15, 0.2) is 91.0 Å². The Bertz CT molecular complexity index is 1280. The third-order valence-electron chi connectivity index (χ3n) is 6.65. The number of hydrogen-bond acceptors (Lipinski definition) is 3. The fourth-order valence-corrected chi connectivity index (χ4v) is 4.77. The van der Waals surface area contributed by atoms with E-state index in [1.165, 1.54) is 21.9 Å². The third-order valence-corrected chi connectivity index (χ3v) is 6.65. The number of carbonyl (C=O) groups is 1. The zero-order chi connectivity index (χ0) is 23.3. The van der Waals surface area contributed by atoms with E-state index in [0.717, 1.165) is 36.2 Å². The molecule has 1 aliphatic heterocycles. The topological polar surface area (TPSA) is 43.8 Å². The molecule has 4 aromatic rings. The smallest absolute Gasteiger partial charge is 0.254 e. The van der Waals surface area contributed by atoms with Gasteiger partial charge in [0.15, 0.2) is 0 Å². The van der Waals surface area contributed by atoms with Crippen LogP contribution in [0.4, 0.5) is 0 Å². The average molecular weight is 451 g/mol. The van der Waals surface area contributed by atoms with Gasteiger partial charge in [-0.05, 0) is 51.6 Å². The second-order valence-corrected chi connectivity index (χ2v) is 9.07. The van der Waals surface area contributed by atoms with Gasteiger partial charge < -0.3 is 10.0 Å². The molecule has 4 heteroatoms. The largest absolute Gasteiger partial charge is 0.395 e. The Hall–Kier alpha value is -3.47. The summed E-state index contributed by atoms with van der Waals surface area (Å²) in [4.78, 5) is 16.8. The summed E-state index contributed by atoms with van der Waals surface area (Å²) in [5.41, 5.74) is 5.61. The molecule has 0 saturated carbocycles. The standard InChI is InChI=1S/C30H30N2O2/c33-18-17-31(20-25-13-14-26-5-1-2-6-27(26)19-25)16-15-23-9-11-24(12-10-23)21-32-22-28-7-3-4-8-29(28)30(32)34/h1-14,19,33H,15-18,20-22H2. The van der Waals surface area contributed by atoms with Gasteiger partial charge in [0.25, 0.3) is 5.91 Å². The van der Waals surface area contributed by atoms with Crippen LogP contribution in [0.2, 0.25) is 0 Å². The van der Waals surface area contributed by atoms with Gasteiger partial charge in [-0.25, -0.2) is 0 Å². The Morgan fingerprint density at radius 3 is 2.26 bits per heavy atom. The molecule has 0 radical (unpaired) electrons. The molecule has 1 amide bonds. The molecule has 0 spiro atoms. The molecular formula is C30H30N2O2. The fraction of sp³-hybridized carbons (Fsp3) is 0.233.